The number of hydrogen-bond acceptors (Lipinski definition) is 3. The number of carbonyl (C=O) groups is 1. The summed E-state index contributed by atoms with van der Waals surface area (Å²) in [5.41, 5.74) is 0.748. The molecule has 0 spiro atoms. The predicted octanol–water partition coefficient (Wildman–Crippen LogP) is 4.89. The van der Waals surface area contributed by atoms with E-state index in [1.807, 2.05) is 29.6 Å². The highest BCUT2D eigenvalue weighted by Gasteiger charge is 2.34. The van der Waals surface area contributed by atoms with Crippen molar-refractivity contribution in [2.45, 2.75) is 9.96 Å². The minimum Gasteiger partial charge on any atom is -0.362 e. The van der Waals surface area contributed by atoms with E-state index in [4.69, 9.17) is 34.8 Å². The highest BCUT2D eigenvalue weighted by atomic mass is 127. The smallest absolute Gasteiger partial charge is 0.263 e. The first kappa shape index (κ1) is 17.1. The van der Waals surface area contributed by atoms with Gasteiger partial charge in [-0.25, -0.2) is 0 Å². The summed E-state index contributed by atoms with van der Waals surface area (Å²) in [4.78, 5) is 12.6. The van der Waals surface area contributed by atoms with Crippen LogP contribution in [0.4, 0.5) is 5.69 Å². The molecule has 1 heterocycles. The largest absolute Gasteiger partial charge is 0.362 e. The van der Waals surface area contributed by atoms with Crippen molar-refractivity contribution in [3.8, 4) is 0 Å². The van der Waals surface area contributed by atoms with E-state index >= 15 is 0 Å². The van der Waals surface area contributed by atoms with Crippen LogP contribution in [-0.2, 0) is 0 Å². The van der Waals surface area contributed by atoms with Gasteiger partial charge in [-0.1, -0.05) is 40.9 Å². The van der Waals surface area contributed by atoms with Crippen molar-refractivity contribution >= 4 is 80.3 Å². The van der Waals surface area contributed by atoms with Crippen molar-refractivity contribution in [2.75, 3.05) is 5.32 Å². The molecule has 2 aromatic rings. The molecular formula is C13H10Cl3IN2OS. The van der Waals surface area contributed by atoms with Crippen LogP contribution in [0.15, 0.2) is 41.8 Å². The lowest BCUT2D eigenvalue weighted by Crippen LogP contribution is -2.48. The zero-order valence-electron chi connectivity index (χ0n) is 10.4. The van der Waals surface area contributed by atoms with E-state index in [-0.39, 0.29) is 5.91 Å². The van der Waals surface area contributed by atoms with Gasteiger partial charge in [0, 0.05) is 9.26 Å². The summed E-state index contributed by atoms with van der Waals surface area (Å²) in [6.07, 6.45) is -0.850. The third kappa shape index (κ3) is 5.17. The Bertz CT molecular complexity index is 599. The molecule has 0 saturated carbocycles. The third-order valence-corrected chi connectivity index (χ3v) is 4.75. The number of benzene rings is 1. The zero-order chi connectivity index (χ0) is 15.5. The molecule has 0 fully saturated rings. The van der Waals surface area contributed by atoms with Gasteiger partial charge in [0.1, 0.15) is 6.17 Å². The summed E-state index contributed by atoms with van der Waals surface area (Å²) in [7, 11) is 0. The van der Waals surface area contributed by atoms with E-state index in [2.05, 4.69) is 33.2 Å². The number of hydrogen-bond donors (Lipinski definition) is 2. The van der Waals surface area contributed by atoms with Gasteiger partial charge < -0.3 is 10.6 Å². The monoisotopic (exact) mass is 474 g/mol. The highest BCUT2D eigenvalue weighted by Crippen LogP contribution is 2.31. The molecule has 0 saturated heterocycles. The Morgan fingerprint density at radius 3 is 2.38 bits per heavy atom. The van der Waals surface area contributed by atoms with Crippen molar-refractivity contribution in [2.24, 2.45) is 0 Å². The van der Waals surface area contributed by atoms with E-state index in [1.54, 1.807) is 12.1 Å². The topological polar surface area (TPSA) is 41.1 Å². The number of rotatable bonds is 4. The molecule has 1 aromatic heterocycles. The van der Waals surface area contributed by atoms with Gasteiger partial charge in [-0.05, 0) is 58.3 Å². The molecule has 2 rings (SSSR count). The summed E-state index contributed by atoms with van der Waals surface area (Å²) in [6, 6.07) is 11.0. The lowest BCUT2D eigenvalue weighted by molar-refractivity contribution is 0.0946. The first-order valence-corrected chi connectivity index (χ1v) is 8.88. The Morgan fingerprint density at radius 1 is 1.19 bits per heavy atom. The average Bonchev–Trinajstić information content (AvgIpc) is 2.93. The van der Waals surface area contributed by atoms with Crippen LogP contribution in [0.1, 0.15) is 9.67 Å². The predicted molar refractivity (Wildman–Crippen MR) is 98.6 cm³/mol. The van der Waals surface area contributed by atoms with E-state index in [0.717, 1.165) is 9.26 Å². The Kier molecular flexibility index (Phi) is 6.02. The molecule has 2 N–H and O–H groups in total. The van der Waals surface area contributed by atoms with Crippen LogP contribution in [0, 0.1) is 3.57 Å². The van der Waals surface area contributed by atoms with Gasteiger partial charge in [-0.15, -0.1) is 11.3 Å². The molecule has 1 aromatic carbocycles. The zero-order valence-corrected chi connectivity index (χ0v) is 15.7. The Hall–Kier alpha value is -0.210. The van der Waals surface area contributed by atoms with E-state index in [1.165, 1.54) is 11.3 Å². The maximum atomic E-state index is 12.1. The van der Waals surface area contributed by atoms with Gasteiger partial charge >= 0.3 is 0 Å². The standard InChI is InChI=1S/C13H10Cl3IN2OS/c14-13(15,16)12(18-9-5-3-8(17)4-6-9)19-11(20)10-2-1-7-21-10/h1-7,12,18H,(H,19,20)/t12-/m1/s1. The molecule has 0 unspecified atom stereocenters. The molecular weight excluding hydrogens is 465 g/mol. The Morgan fingerprint density at radius 2 is 1.86 bits per heavy atom. The summed E-state index contributed by atoms with van der Waals surface area (Å²) in [5.74, 6) is -0.292. The van der Waals surface area contributed by atoms with Crippen LogP contribution in [0.25, 0.3) is 0 Å². The fourth-order valence-electron chi connectivity index (χ4n) is 1.52. The molecule has 0 radical (unpaired) electrons. The van der Waals surface area contributed by atoms with E-state index < -0.39 is 9.96 Å². The maximum Gasteiger partial charge on any atom is 0.263 e. The van der Waals surface area contributed by atoms with Gasteiger partial charge in [0.25, 0.3) is 5.91 Å². The van der Waals surface area contributed by atoms with Crippen LogP contribution in [0.2, 0.25) is 0 Å². The first-order chi connectivity index (χ1) is 9.86. The van der Waals surface area contributed by atoms with Crippen LogP contribution in [0.3, 0.4) is 0 Å². The molecule has 112 valence electrons. The fraction of sp³-hybridized carbons (Fsp3) is 0.154. The number of anilines is 1. The molecule has 8 heteroatoms. The molecule has 0 aliphatic heterocycles. The Labute approximate surface area is 155 Å². The number of thiophene rings is 1. The van der Waals surface area contributed by atoms with Crippen molar-refractivity contribution in [3.05, 3.63) is 50.2 Å². The lowest BCUT2D eigenvalue weighted by atomic mass is 10.3. The van der Waals surface area contributed by atoms with Gasteiger partial charge in [0.05, 0.1) is 4.88 Å². The molecule has 3 nitrogen and oxygen atoms in total. The van der Waals surface area contributed by atoms with E-state index in [0.29, 0.717) is 4.88 Å². The summed E-state index contributed by atoms with van der Waals surface area (Å²) in [5, 5.41) is 7.51. The molecule has 0 aliphatic carbocycles. The second-order valence-electron chi connectivity index (χ2n) is 4.08. The van der Waals surface area contributed by atoms with Crippen LogP contribution >= 0.6 is 68.7 Å². The van der Waals surface area contributed by atoms with Crippen molar-refractivity contribution in [1.82, 2.24) is 5.32 Å². The number of alkyl halides is 3. The highest BCUT2D eigenvalue weighted by molar-refractivity contribution is 14.1. The average molecular weight is 476 g/mol. The quantitative estimate of drug-likeness (QED) is 0.376. The Balaban J connectivity index is 2.12. The number of halogens is 4. The third-order valence-electron chi connectivity index (χ3n) is 2.50. The summed E-state index contributed by atoms with van der Waals surface area (Å²) < 4.78 is -0.596. The van der Waals surface area contributed by atoms with Gasteiger partial charge in [-0.3, -0.25) is 4.79 Å². The summed E-state index contributed by atoms with van der Waals surface area (Å²) >= 11 is 21.3. The van der Waals surface area contributed by atoms with Gasteiger partial charge in [-0.2, -0.15) is 0 Å². The second-order valence-corrected chi connectivity index (χ2v) is 8.64. The van der Waals surface area contributed by atoms with Crippen molar-refractivity contribution in [1.29, 1.82) is 0 Å². The molecule has 1 atom stereocenters. The molecule has 1 amide bonds. The number of carbonyl (C=O) groups excluding carboxylic acids is 1. The maximum absolute atomic E-state index is 12.1. The van der Waals surface area contributed by atoms with Crippen molar-refractivity contribution < 1.29 is 4.79 Å². The number of nitrogens with one attached hydrogen (secondary N) is 2. The lowest BCUT2D eigenvalue weighted by Gasteiger charge is -2.27. The summed E-state index contributed by atoms with van der Waals surface area (Å²) in [6.45, 7) is 0. The molecule has 0 bridgehead atoms. The minimum atomic E-state index is -1.68. The normalized spacial score (nSPS) is 12.8. The molecule has 21 heavy (non-hydrogen) atoms. The van der Waals surface area contributed by atoms with Crippen LogP contribution < -0.4 is 10.6 Å². The van der Waals surface area contributed by atoms with Crippen LogP contribution in [-0.4, -0.2) is 15.9 Å². The fourth-order valence-corrected chi connectivity index (χ4v) is 2.84. The first-order valence-electron chi connectivity index (χ1n) is 5.79. The second kappa shape index (κ2) is 7.37. The SMILES string of the molecule is O=C(N[C@@H](Nc1ccc(I)cc1)C(Cl)(Cl)Cl)c1cccs1. The van der Waals surface area contributed by atoms with E-state index in [9.17, 15) is 4.79 Å². The minimum absolute atomic E-state index is 0.292. The van der Waals surface area contributed by atoms with Gasteiger partial charge in [0.15, 0.2) is 0 Å². The molecule has 0 aliphatic rings. The van der Waals surface area contributed by atoms with Crippen molar-refractivity contribution in [3.63, 3.8) is 0 Å². The number of amides is 1. The van der Waals surface area contributed by atoms with Crippen LogP contribution in [0.5, 0.6) is 0 Å². The van der Waals surface area contributed by atoms with Gasteiger partial charge in [0.2, 0.25) is 3.79 Å².